The zero-order valence-corrected chi connectivity index (χ0v) is 18.4. The Labute approximate surface area is 181 Å². The number of aliphatic hydroxyl groups is 3. The minimum Gasteiger partial charge on any atom is -0.393 e. The summed E-state index contributed by atoms with van der Waals surface area (Å²) in [5.41, 5.74) is 6.28. The molecule has 1 amide bonds. The first-order valence-corrected chi connectivity index (χ1v) is 11.4. The first-order chi connectivity index (χ1) is 13.8. The second kappa shape index (κ2) is 11.9. The number of carbonyl (C=O) groups is 1. The van der Waals surface area contributed by atoms with Crippen LogP contribution in [0.25, 0.3) is 0 Å². The number of nitrogens with two attached hydrogens (primary N) is 1. The average molecular weight is 442 g/mol. The van der Waals surface area contributed by atoms with E-state index in [9.17, 15) is 20.1 Å². The zero-order chi connectivity index (χ0) is 21.4. The van der Waals surface area contributed by atoms with Crippen molar-refractivity contribution >= 4 is 28.8 Å². The summed E-state index contributed by atoms with van der Waals surface area (Å²) in [5.74, 6) is -0.570. The summed E-state index contributed by atoms with van der Waals surface area (Å²) < 4.78 is 0.760. The van der Waals surface area contributed by atoms with E-state index in [0.29, 0.717) is 32.1 Å². The Morgan fingerprint density at radius 2 is 2.14 bits per heavy atom. The largest absolute Gasteiger partial charge is 0.393 e. The van der Waals surface area contributed by atoms with Gasteiger partial charge in [0.1, 0.15) is 0 Å². The number of rotatable bonds is 11. The molecule has 1 aliphatic rings. The van der Waals surface area contributed by atoms with Crippen molar-refractivity contribution in [3.8, 4) is 0 Å². The molecule has 1 saturated carbocycles. The number of halogens is 1. The molecule has 7 heteroatoms. The van der Waals surface area contributed by atoms with Gasteiger partial charge in [0.25, 0.3) is 0 Å². The quantitative estimate of drug-likeness (QED) is 0.311. The van der Waals surface area contributed by atoms with E-state index in [2.05, 4.69) is 0 Å². The highest BCUT2D eigenvalue weighted by molar-refractivity contribution is 7.16. The predicted octanol–water partition coefficient (Wildman–Crippen LogP) is 3.52. The topological polar surface area (TPSA) is 104 Å². The molecule has 5 nitrogen and oxygen atoms in total. The molecule has 0 unspecified atom stereocenters. The van der Waals surface area contributed by atoms with E-state index in [0.717, 1.165) is 22.7 Å². The molecular formula is C22H32ClNO4S. The van der Waals surface area contributed by atoms with E-state index in [-0.39, 0.29) is 17.7 Å². The van der Waals surface area contributed by atoms with Crippen molar-refractivity contribution in [3.05, 3.63) is 45.1 Å². The normalized spacial score (nSPS) is 26.0. The highest BCUT2D eigenvalue weighted by atomic mass is 35.5. The highest BCUT2D eigenvalue weighted by Crippen LogP contribution is 2.36. The van der Waals surface area contributed by atoms with Gasteiger partial charge in [-0.15, -0.1) is 11.3 Å². The first-order valence-electron chi connectivity index (χ1n) is 10.2. The van der Waals surface area contributed by atoms with Crippen LogP contribution in [-0.4, -0.2) is 39.5 Å². The van der Waals surface area contributed by atoms with Gasteiger partial charge >= 0.3 is 0 Å². The molecule has 2 rings (SSSR count). The van der Waals surface area contributed by atoms with E-state index in [1.165, 1.54) is 4.88 Å². The lowest BCUT2D eigenvalue weighted by molar-refractivity contribution is -0.118. The van der Waals surface area contributed by atoms with Gasteiger partial charge in [0.2, 0.25) is 5.91 Å². The van der Waals surface area contributed by atoms with Crippen molar-refractivity contribution in [3.63, 3.8) is 0 Å². The Hall–Kier alpha value is -1.18. The van der Waals surface area contributed by atoms with E-state index in [1.807, 2.05) is 31.2 Å². The van der Waals surface area contributed by atoms with Gasteiger partial charge in [-0.3, -0.25) is 4.79 Å². The van der Waals surface area contributed by atoms with Crippen molar-refractivity contribution in [2.75, 3.05) is 0 Å². The molecule has 0 saturated heterocycles. The summed E-state index contributed by atoms with van der Waals surface area (Å²) in [4.78, 5) is 11.9. The molecule has 162 valence electrons. The van der Waals surface area contributed by atoms with Crippen LogP contribution in [0.3, 0.4) is 0 Å². The molecule has 0 aliphatic heterocycles. The zero-order valence-electron chi connectivity index (χ0n) is 16.8. The Balaban J connectivity index is 1.84. The third-order valence-corrected chi connectivity index (χ3v) is 6.76. The number of hydrogen-bond acceptors (Lipinski definition) is 5. The number of unbranched alkanes of at least 4 members (excludes halogenated alkanes) is 1. The molecule has 1 heterocycles. The minimum atomic E-state index is -0.611. The Morgan fingerprint density at radius 3 is 2.79 bits per heavy atom. The molecule has 5 atom stereocenters. The van der Waals surface area contributed by atoms with Gasteiger partial charge in [-0.05, 0) is 56.6 Å². The van der Waals surface area contributed by atoms with E-state index < -0.39 is 18.3 Å². The van der Waals surface area contributed by atoms with Crippen LogP contribution in [0.4, 0.5) is 0 Å². The standard InChI is InChI=1S/C22H32ClNO4S/c1-14-15(12-21(23)29-14)8-9-16(25)10-11-18-17(19(26)13-20(18)27)6-4-2-3-5-7-22(24)28/h2,4,10-12,16-20,25-27H,3,5-9,13H2,1H3,(H2,24,28)/b4-2-,11-10+/t16-,17+,18+,19-,20+/m0/s1. The number of aliphatic hydroxyl groups excluding tert-OH is 3. The summed E-state index contributed by atoms with van der Waals surface area (Å²) in [6.45, 7) is 2.02. The molecule has 0 bridgehead atoms. The number of aryl methyl sites for hydroxylation is 2. The fourth-order valence-corrected chi connectivity index (χ4v) is 5.12. The number of hydrogen-bond donors (Lipinski definition) is 4. The van der Waals surface area contributed by atoms with E-state index in [4.69, 9.17) is 17.3 Å². The predicted molar refractivity (Wildman–Crippen MR) is 118 cm³/mol. The van der Waals surface area contributed by atoms with Gasteiger partial charge in [0, 0.05) is 23.6 Å². The molecular weight excluding hydrogens is 410 g/mol. The van der Waals surface area contributed by atoms with Gasteiger partial charge in [-0.1, -0.05) is 35.9 Å². The van der Waals surface area contributed by atoms with Crippen molar-refractivity contribution in [1.29, 1.82) is 0 Å². The van der Waals surface area contributed by atoms with Crippen molar-refractivity contribution in [2.45, 2.75) is 70.2 Å². The van der Waals surface area contributed by atoms with Crippen LogP contribution < -0.4 is 5.73 Å². The minimum absolute atomic E-state index is 0.0845. The smallest absolute Gasteiger partial charge is 0.217 e. The molecule has 1 aliphatic carbocycles. The van der Waals surface area contributed by atoms with Crippen LogP contribution in [0, 0.1) is 18.8 Å². The monoisotopic (exact) mass is 441 g/mol. The third-order valence-electron chi connectivity index (χ3n) is 5.54. The maximum absolute atomic E-state index is 10.7. The van der Waals surface area contributed by atoms with Gasteiger partial charge in [-0.25, -0.2) is 0 Å². The fourth-order valence-electron chi connectivity index (χ4n) is 3.86. The molecule has 0 radical (unpaired) electrons. The Bertz CT molecular complexity index is 718. The molecule has 29 heavy (non-hydrogen) atoms. The Morgan fingerprint density at radius 1 is 1.38 bits per heavy atom. The average Bonchev–Trinajstić information content (AvgIpc) is 3.11. The molecule has 0 spiro atoms. The third kappa shape index (κ3) is 7.87. The SMILES string of the molecule is Cc1sc(Cl)cc1CC[C@H](O)/C=C/[C@@H]1[C@@H](C/C=C\CCCC(N)=O)[C@@H](O)C[C@H]1O. The van der Waals surface area contributed by atoms with Gasteiger partial charge in [0.15, 0.2) is 0 Å². The molecule has 1 fully saturated rings. The molecule has 0 aromatic carbocycles. The second-order valence-corrected chi connectivity index (χ2v) is 9.69. The van der Waals surface area contributed by atoms with Crippen molar-refractivity contribution in [1.82, 2.24) is 0 Å². The maximum Gasteiger partial charge on any atom is 0.217 e. The highest BCUT2D eigenvalue weighted by Gasteiger charge is 2.39. The van der Waals surface area contributed by atoms with Crippen LogP contribution in [0.2, 0.25) is 4.34 Å². The van der Waals surface area contributed by atoms with Crippen LogP contribution in [0.15, 0.2) is 30.4 Å². The lowest BCUT2D eigenvalue weighted by atomic mass is 9.89. The van der Waals surface area contributed by atoms with Crippen molar-refractivity contribution in [2.24, 2.45) is 17.6 Å². The lowest BCUT2D eigenvalue weighted by Gasteiger charge is -2.19. The number of carbonyl (C=O) groups excluding carboxylic acids is 1. The summed E-state index contributed by atoms with van der Waals surface area (Å²) >= 11 is 7.57. The van der Waals surface area contributed by atoms with Crippen LogP contribution in [-0.2, 0) is 11.2 Å². The van der Waals surface area contributed by atoms with Gasteiger partial charge in [0.05, 0.1) is 22.6 Å². The Kier molecular flexibility index (Phi) is 9.86. The van der Waals surface area contributed by atoms with Crippen molar-refractivity contribution < 1.29 is 20.1 Å². The second-order valence-electron chi connectivity index (χ2n) is 7.80. The van der Waals surface area contributed by atoms with Crippen LogP contribution in [0.1, 0.15) is 49.0 Å². The van der Waals surface area contributed by atoms with E-state index in [1.54, 1.807) is 17.4 Å². The summed E-state index contributed by atoms with van der Waals surface area (Å²) in [7, 11) is 0. The van der Waals surface area contributed by atoms with Gasteiger partial charge in [-0.2, -0.15) is 0 Å². The number of thiophene rings is 1. The summed E-state index contributed by atoms with van der Waals surface area (Å²) in [6, 6.07) is 1.95. The molecule has 1 aromatic rings. The number of allylic oxidation sites excluding steroid dienone is 2. The van der Waals surface area contributed by atoms with Crippen LogP contribution >= 0.6 is 22.9 Å². The fraction of sp³-hybridized carbons (Fsp3) is 0.591. The summed E-state index contributed by atoms with van der Waals surface area (Å²) in [5, 5.41) is 30.9. The molecule has 1 aromatic heterocycles. The number of amides is 1. The lowest BCUT2D eigenvalue weighted by Crippen LogP contribution is -2.20. The van der Waals surface area contributed by atoms with Crippen LogP contribution in [0.5, 0.6) is 0 Å². The molecule has 5 N–H and O–H groups in total. The van der Waals surface area contributed by atoms with E-state index >= 15 is 0 Å². The maximum atomic E-state index is 10.7. The first kappa shape index (κ1) is 24.1. The number of primary amides is 1. The van der Waals surface area contributed by atoms with Gasteiger partial charge < -0.3 is 21.1 Å². The summed E-state index contributed by atoms with van der Waals surface area (Å²) in [6.07, 6.45) is 9.95.